The van der Waals surface area contributed by atoms with Crippen molar-refractivity contribution >= 4 is 9.84 Å². The summed E-state index contributed by atoms with van der Waals surface area (Å²) in [6, 6.07) is 0. The van der Waals surface area contributed by atoms with Crippen LogP contribution in [0.15, 0.2) is 0 Å². The Balaban J connectivity index is 2.44. The molecule has 0 aromatic heterocycles. The predicted molar refractivity (Wildman–Crippen MR) is 54.5 cm³/mol. The van der Waals surface area contributed by atoms with Crippen molar-refractivity contribution < 1.29 is 13.3 Å². The highest BCUT2D eigenvalue weighted by Gasteiger charge is 2.27. The topological polar surface area (TPSA) is 58.6 Å². The molecular formula is C8H18N2O3S. The van der Waals surface area contributed by atoms with Gasteiger partial charge in [-0.2, -0.15) is 5.06 Å². The summed E-state index contributed by atoms with van der Waals surface area (Å²) in [5.74, 6) is 0. The first kappa shape index (κ1) is 11.9. The van der Waals surface area contributed by atoms with E-state index in [2.05, 4.69) is 5.32 Å². The van der Waals surface area contributed by atoms with Crippen LogP contribution in [0.5, 0.6) is 0 Å². The number of hydrogen-bond donors (Lipinski definition) is 1. The normalized spacial score (nSPS) is 25.1. The first-order valence-corrected chi connectivity index (χ1v) is 6.79. The van der Waals surface area contributed by atoms with E-state index in [1.165, 1.54) is 6.26 Å². The largest absolute Gasteiger partial charge is 0.299 e. The van der Waals surface area contributed by atoms with Gasteiger partial charge in [-0.25, -0.2) is 8.42 Å². The van der Waals surface area contributed by atoms with Gasteiger partial charge in [0.2, 0.25) is 0 Å². The molecule has 1 fully saturated rings. The summed E-state index contributed by atoms with van der Waals surface area (Å²) in [5.41, 5.74) is 0. The van der Waals surface area contributed by atoms with Gasteiger partial charge in [0.15, 0.2) is 9.84 Å². The molecule has 0 saturated carbocycles. The van der Waals surface area contributed by atoms with E-state index in [0.717, 1.165) is 13.0 Å². The van der Waals surface area contributed by atoms with Crippen LogP contribution in [0.25, 0.3) is 0 Å². The Kier molecular flexibility index (Phi) is 4.31. The van der Waals surface area contributed by atoms with Gasteiger partial charge in [-0.3, -0.25) is 10.2 Å². The summed E-state index contributed by atoms with van der Waals surface area (Å²) < 4.78 is 22.5. The molecule has 5 nitrogen and oxygen atoms in total. The monoisotopic (exact) mass is 222 g/mol. The zero-order valence-corrected chi connectivity index (χ0v) is 9.51. The smallest absolute Gasteiger partial charge is 0.164 e. The molecule has 6 heteroatoms. The molecular weight excluding hydrogens is 204 g/mol. The zero-order chi connectivity index (χ0) is 10.6. The van der Waals surface area contributed by atoms with Crippen molar-refractivity contribution in [2.75, 3.05) is 32.5 Å². The average molecular weight is 222 g/mol. The summed E-state index contributed by atoms with van der Waals surface area (Å²) in [4.78, 5) is 5.39. The van der Waals surface area contributed by atoms with Gasteiger partial charge >= 0.3 is 0 Å². The fraction of sp³-hybridized carbons (Fsp3) is 1.00. The minimum atomic E-state index is -3.02. The number of rotatable bonds is 4. The van der Waals surface area contributed by atoms with E-state index in [1.807, 2.05) is 6.92 Å². The summed E-state index contributed by atoms with van der Waals surface area (Å²) in [6.45, 7) is 4.49. The van der Waals surface area contributed by atoms with Crippen LogP contribution in [0.1, 0.15) is 13.3 Å². The molecule has 0 aromatic carbocycles. The Bertz CT molecular complexity index is 266. The van der Waals surface area contributed by atoms with Crippen molar-refractivity contribution in [1.29, 1.82) is 0 Å². The SMILES string of the molecule is CCCON1CCNC(S(C)(=O)=O)C1. The van der Waals surface area contributed by atoms with E-state index in [4.69, 9.17) is 4.84 Å². The molecule has 0 aromatic rings. The van der Waals surface area contributed by atoms with Gasteiger partial charge in [0.05, 0.1) is 13.2 Å². The molecule has 0 radical (unpaired) electrons. The Morgan fingerprint density at radius 3 is 2.86 bits per heavy atom. The van der Waals surface area contributed by atoms with Crippen LogP contribution >= 0.6 is 0 Å². The standard InChI is InChI=1S/C8H18N2O3S/c1-3-6-13-10-5-4-9-8(7-10)14(2,11)12/h8-9H,3-7H2,1-2H3. The third kappa shape index (κ3) is 3.53. The number of piperazine rings is 1. The number of nitrogens with zero attached hydrogens (tertiary/aromatic N) is 1. The molecule has 1 saturated heterocycles. The van der Waals surface area contributed by atoms with E-state index in [-0.39, 0.29) is 0 Å². The first-order valence-electron chi connectivity index (χ1n) is 4.84. The molecule has 0 amide bonds. The van der Waals surface area contributed by atoms with Crippen LogP contribution in [0.2, 0.25) is 0 Å². The van der Waals surface area contributed by atoms with Crippen LogP contribution < -0.4 is 5.32 Å². The lowest BCUT2D eigenvalue weighted by Gasteiger charge is -2.31. The van der Waals surface area contributed by atoms with Crippen molar-refractivity contribution in [1.82, 2.24) is 10.4 Å². The van der Waals surface area contributed by atoms with E-state index in [0.29, 0.717) is 19.7 Å². The van der Waals surface area contributed by atoms with Gasteiger partial charge in [-0.1, -0.05) is 6.92 Å². The number of hydrogen-bond acceptors (Lipinski definition) is 5. The van der Waals surface area contributed by atoms with Crippen LogP contribution in [-0.4, -0.2) is 51.4 Å². The third-order valence-corrected chi connectivity index (χ3v) is 3.45. The van der Waals surface area contributed by atoms with E-state index < -0.39 is 15.2 Å². The lowest BCUT2D eigenvalue weighted by atomic mass is 10.4. The molecule has 1 rings (SSSR count). The molecule has 1 heterocycles. The minimum absolute atomic E-state index is 0.416. The third-order valence-electron chi connectivity index (χ3n) is 2.10. The second-order valence-electron chi connectivity index (χ2n) is 3.49. The molecule has 1 aliphatic heterocycles. The van der Waals surface area contributed by atoms with E-state index in [1.54, 1.807) is 5.06 Å². The Morgan fingerprint density at radius 1 is 1.57 bits per heavy atom. The van der Waals surface area contributed by atoms with Crippen LogP contribution in [-0.2, 0) is 14.7 Å². The van der Waals surface area contributed by atoms with Gasteiger partial charge in [-0.15, -0.1) is 0 Å². The maximum atomic E-state index is 11.3. The zero-order valence-electron chi connectivity index (χ0n) is 8.69. The van der Waals surface area contributed by atoms with Crippen molar-refractivity contribution in [2.24, 2.45) is 0 Å². The Morgan fingerprint density at radius 2 is 2.29 bits per heavy atom. The molecule has 0 aliphatic carbocycles. The quantitative estimate of drug-likeness (QED) is 0.701. The van der Waals surface area contributed by atoms with Gasteiger partial charge in [0.1, 0.15) is 5.37 Å². The molecule has 14 heavy (non-hydrogen) atoms. The Hall–Kier alpha value is -0.170. The van der Waals surface area contributed by atoms with Gasteiger partial charge in [-0.05, 0) is 6.42 Å². The fourth-order valence-corrected chi connectivity index (χ4v) is 2.17. The van der Waals surface area contributed by atoms with Crippen LogP contribution in [0, 0.1) is 0 Å². The van der Waals surface area contributed by atoms with Crippen molar-refractivity contribution in [3.8, 4) is 0 Å². The highest BCUT2D eigenvalue weighted by atomic mass is 32.2. The lowest BCUT2D eigenvalue weighted by molar-refractivity contribution is -0.166. The second-order valence-corrected chi connectivity index (χ2v) is 5.72. The summed E-state index contributed by atoms with van der Waals surface area (Å²) in [6.07, 6.45) is 2.18. The maximum Gasteiger partial charge on any atom is 0.164 e. The summed E-state index contributed by atoms with van der Waals surface area (Å²) >= 11 is 0. The molecule has 1 atom stereocenters. The molecule has 1 unspecified atom stereocenters. The Labute approximate surface area is 85.3 Å². The van der Waals surface area contributed by atoms with Crippen LogP contribution in [0.4, 0.5) is 0 Å². The fourth-order valence-electron chi connectivity index (χ4n) is 1.32. The summed E-state index contributed by atoms with van der Waals surface area (Å²) in [5, 5.41) is 4.19. The van der Waals surface area contributed by atoms with E-state index >= 15 is 0 Å². The molecule has 0 spiro atoms. The van der Waals surface area contributed by atoms with Gasteiger partial charge in [0, 0.05) is 19.3 Å². The molecule has 1 N–H and O–H groups in total. The van der Waals surface area contributed by atoms with Crippen molar-refractivity contribution in [3.63, 3.8) is 0 Å². The molecule has 84 valence electrons. The van der Waals surface area contributed by atoms with Gasteiger partial charge in [0.25, 0.3) is 0 Å². The highest BCUT2D eigenvalue weighted by Crippen LogP contribution is 2.05. The lowest BCUT2D eigenvalue weighted by Crippen LogP contribution is -2.53. The van der Waals surface area contributed by atoms with Gasteiger partial charge < -0.3 is 0 Å². The highest BCUT2D eigenvalue weighted by molar-refractivity contribution is 7.91. The second kappa shape index (κ2) is 5.06. The number of hydroxylamine groups is 2. The van der Waals surface area contributed by atoms with E-state index in [9.17, 15) is 8.42 Å². The summed E-state index contributed by atoms with van der Waals surface area (Å²) in [7, 11) is -3.02. The molecule has 1 aliphatic rings. The maximum absolute atomic E-state index is 11.3. The predicted octanol–water partition coefficient (Wildman–Crippen LogP) is -0.396. The van der Waals surface area contributed by atoms with Crippen molar-refractivity contribution in [2.45, 2.75) is 18.7 Å². The number of nitrogens with one attached hydrogen (secondary N) is 1. The number of sulfone groups is 1. The minimum Gasteiger partial charge on any atom is -0.299 e. The van der Waals surface area contributed by atoms with Crippen molar-refractivity contribution in [3.05, 3.63) is 0 Å². The van der Waals surface area contributed by atoms with Crippen LogP contribution in [0.3, 0.4) is 0 Å². The average Bonchev–Trinajstić information content (AvgIpc) is 2.14. The first-order chi connectivity index (χ1) is 6.54. The molecule has 0 bridgehead atoms.